The molecule has 0 radical (unpaired) electrons. The molecule has 9 aromatic heterocycles. The fourth-order valence-electron chi connectivity index (χ4n) is 17.5. The lowest BCUT2D eigenvalue weighted by atomic mass is 10.1. The van der Waals surface area contributed by atoms with Gasteiger partial charge in [0.2, 0.25) is 0 Å². The Morgan fingerprint density at radius 1 is 0.197 bits per heavy atom. The van der Waals surface area contributed by atoms with Crippen molar-refractivity contribution in [2.45, 2.75) is 0 Å². The molecule has 15 aromatic carbocycles. The molecule has 0 aliphatic carbocycles. The maximum Gasteiger partial charge on any atom is 0.173 e. The minimum Gasteiger partial charge on any atom is -0.309 e. The minimum atomic E-state index is -3.39. The molecular weight excluding hydrogens is 1490 g/mol. The number of pyridine rings is 6. The van der Waals surface area contributed by atoms with E-state index in [1.54, 1.807) is 0 Å². The molecule has 0 fully saturated rings. The summed E-state index contributed by atoms with van der Waals surface area (Å²) in [4.78, 5) is 31.0. The van der Waals surface area contributed by atoms with Crippen molar-refractivity contribution >= 4 is 217 Å². The summed E-state index contributed by atoms with van der Waals surface area (Å²) in [6, 6.07) is 133. The summed E-state index contributed by atoms with van der Waals surface area (Å²) in [7, 11) is -9.73. The maximum absolute atomic E-state index is 16.0. The Bertz CT molecular complexity index is 8180. The smallest absolute Gasteiger partial charge is 0.173 e. The van der Waals surface area contributed by atoms with E-state index in [4.69, 9.17) is 29.9 Å². The van der Waals surface area contributed by atoms with E-state index in [1.165, 1.54) is 0 Å². The Hall–Kier alpha value is -14.4. The van der Waals surface area contributed by atoms with Crippen LogP contribution in [0, 0.1) is 0 Å². The molecule has 24 rings (SSSR count). The molecular formula is C102H66N9O3P3. The third-order valence-electron chi connectivity index (χ3n) is 22.8. The molecule has 0 atom stereocenters. The van der Waals surface area contributed by atoms with Crippen molar-refractivity contribution in [3.8, 4) is 0 Å². The molecule has 0 bridgehead atoms. The molecule has 0 aliphatic heterocycles. The van der Waals surface area contributed by atoms with Crippen LogP contribution < -0.4 is 47.7 Å². The van der Waals surface area contributed by atoms with Crippen LogP contribution in [-0.4, -0.2) is 43.1 Å². The van der Waals surface area contributed by atoms with Crippen molar-refractivity contribution in [2.24, 2.45) is 0 Å². The van der Waals surface area contributed by atoms with Gasteiger partial charge in [-0.1, -0.05) is 309 Å². The number of rotatable bonds is 9. The highest BCUT2D eigenvalue weighted by atomic mass is 31.2. The topological polar surface area (TPSA) is 142 Å². The predicted octanol–water partition coefficient (Wildman–Crippen LogP) is 20.9. The van der Waals surface area contributed by atoms with Crippen LogP contribution in [-0.2, 0) is 13.7 Å². The molecule has 0 aliphatic rings. The number of benzene rings is 15. The number of para-hydroxylation sites is 9. The van der Waals surface area contributed by atoms with Crippen molar-refractivity contribution in [3.63, 3.8) is 0 Å². The standard InChI is InChI=1S/3C34H22N3OP/c38-39(23-13-3-1-4-14-23,24-15-5-2-6-16-24)33-25-17-7-9-19-27(25)35-32-26-18-8-11-21-29(26)37-30-22-12-10-20-28(30)36-34(37)31(32)33;38-39(24-13-3-1-4-14-24,25-15-5-2-6-16-25)31-21-11-20-30-33(31)36-34-27-22-23-12-7-9-18-28(23)35-32(27)26-17-8-10-19-29(26)37(30)34;38-39(24-12-3-1-4-13-24,25-14-5-2-6-15-25)26-19-20-32-30(22-26)36-34-28-21-23-11-7-9-17-29(23)35-33(28)27-16-8-10-18-31(27)37(32)34/h3*1-22H. The van der Waals surface area contributed by atoms with Gasteiger partial charge in [-0.05, 0) is 91.0 Å². The number of aromatic nitrogens is 9. The first kappa shape index (κ1) is 69.4. The van der Waals surface area contributed by atoms with Crippen LogP contribution >= 0.6 is 21.4 Å². The largest absolute Gasteiger partial charge is 0.309 e. The Morgan fingerprint density at radius 2 is 0.547 bits per heavy atom. The Labute approximate surface area is 670 Å². The van der Waals surface area contributed by atoms with Crippen LogP contribution in [0.4, 0.5) is 0 Å². The lowest BCUT2D eigenvalue weighted by Gasteiger charge is -2.24. The Balaban J connectivity index is 0.000000106. The van der Waals surface area contributed by atoms with Crippen LogP contribution in [0.2, 0.25) is 0 Å². The van der Waals surface area contributed by atoms with Gasteiger partial charge in [0.15, 0.2) is 21.4 Å². The van der Waals surface area contributed by atoms with E-state index in [1.807, 2.05) is 315 Å². The fourth-order valence-corrected chi connectivity index (χ4v) is 26.0. The van der Waals surface area contributed by atoms with Crippen molar-refractivity contribution in [3.05, 3.63) is 400 Å². The zero-order chi connectivity index (χ0) is 77.9. The van der Waals surface area contributed by atoms with E-state index < -0.39 is 21.4 Å². The van der Waals surface area contributed by atoms with Crippen LogP contribution in [0.5, 0.6) is 0 Å². The second-order valence-corrected chi connectivity index (χ2v) is 37.6. The van der Waals surface area contributed by atoms with Gasteiger partial charge in [-0.25, -0.2) is 29.9 Å². The Morgan fingerprint density at radius 3 is 1.05 bits per heavy atom. The highest BCUT2D eigenvalue weighted by molar-refractivity contribution is 7.86. The summed E-state index contributed by atoms with van der Waals surface area (Å²) in [6.45, 7) is 0. The molecule has 0 amide bonds. The summed E-state index contributed by atoms with van der Waals surface area (Å²) >= 11 is 0. The highest BCUT2D eigenvalue weighted by Crippen LogP contribution is 2.50. The number of fused-ring (bicyclic) bond motifs is 27. The normalized spacial score (nSPS) is 12.2. The predicted molar refractivity (Wildman–Crippen MR) is 487 cm³/mol. The second kappa shape index (κ2) is 27.7. The SMILES string of the molecule is O=P(c1ccccc1)(c1ccccc1)c1c2ccccc2nc2c3ccccc3n3c4ccccc4nc3c12.O=P(c1ccccc1)(c1ccccc1)c1ccc2c(c1)nc1c3cc4ccccc4nc3c3ccccc3n21.O=P(c1ccccc1)(c1ccccc1)c1cccc2c1nc1c3cc4ccccc4nc3c3ccccc3n21. The van der Waals surface area contributed by atoms with E-state index >= 15 is 13.7 Å². The second-order valence-electron chi connectivity index (χ2n) is 29.4. The average Bonchev–Trinajstić information content (AvgIpc) is 1.68. The number of nitrogens with zero attached hydrogens (tertiary/aromatic N) is 9. The fraction of sp³-hybridized carbons (Fsp3) is 0. The van der Waals surface area contributed by atoms with Gasteiger partial charge in [-0.15, -0.1) is 0 Å². The minimum absolute atomic E-state index is 0.743. The zero-order valence-electron chi connectivity index (χ0n) is 62.7. The van der Waals surface area contributed by atoms with Crippen molar-refractivity contribution in [1.82, 2.24) is 43.1 Å². The van der Waals surface area contributed by atoms with E-state index in [9.17, 15) is 0 Å². The lowest BCUT2D eigenvalue weighted by molar-refractivity contribution is 0.591. The summed E-state index contributed by atoms with van der Waals surface area (Å²) in [5.74, 6) is 0. The van der Waals surface area contributed by atoms with Gasteiger partial charge in [-0.3, -0.25) is 13.2 Å². The van der Waals surface area contributed by atoms with Gasteiger partial charge in [-0.2, -0.15) is 0 Å². The third kappa shape index (κ3) is 10.9. The number of hydrogen-bond donors (Lipinski definition) is 0. The average molecular weight is 1560 g/mol. The van der Waals surface area contributed by atoms with Gasteiger partial charge >= 0.3 is 0 Å². The summed E-state index contributed by atoms with van der Waals surface area (Å²) in [6.07, 6.45) is 0. The van der Waals surface area contributed by atoms with Crippen molar-refractivity contribution in [2.75, 3.05) is 0 Å². The van der Waals surface area contributed by atoms with Gasteiger partial charge < -0.3 is 13.7 Å². The first-order valence-electron chi connectivity index (χ1n) is 38.9. The maximum atomic E-state index is 16.0. The lowest BCUT2D eigenvalue weighted by Crippen LogP contribution is -2.27. The number of imidazole rings is 3. The Kier molecular flexibility index (Phi) is 16.4. The number of hydrogen-bond acceptors (Lipinski definition) is 9. The van der Waals surface area contributed by atoms with E-state index in [-0.39, 0.29) is 0 Å². The molecule has 24 aromatic rings. The molecule has 0 spiro atoms. The molecule has 0 unspecified atom stereocenters. The van der Waals surface area contributed by atoms with E-state index in [2.05, 4.69) is 98.1 Å². The summed E-state index contributed by atoms with van der Waals surface area (Å²) in [5, 5.41) is 16.1. The molecule has 117 heavy (non-hydrogen) atoms. The first-order chi connectivity index (χ1) is 57.7. The van der Waals surface area contributed by atoms with Gasteiger partial charge in [0, 0.05) is 90.8 Å². The van der Waals surface area contributed by atoms with E-state index in [0.717, 1.165) is 196 Å². The van der Waals surface area contributed by atoms with Gasteiger partial charge in [0.1, 0.15) is 22.5 Å². The summed E-state index contributed by atoms with van der Waals surface area (Å²) < 4.78 is 52.9. The monoisotopic (exact) mass is 1560 g/mol. The highest BCUT2D eigenvalue weighted by Gasteiger charge is 2.38. The van der Waals surface area contributed by atoms with Crippen LogP contribution in [0.15, 0.2) is 400 Å². The molecule has 0 N–H and O–H groups in total. The quantitative estimate of drug-likeness (QED) is 0.0784. The molecule has 9 heterocycles. The van der Waals surface area contributed by atoms with Crippen molar-refractivity contribution < 1.29 is 13.7 Å². The van der Waals surface area contributed by atoms with E-state index in [0.29, 0.717) is 0 Å². The molecule has 552 valence electrons. The summed E-state index contributed by atoms with van der Waals surface area (Å²) in [5.41, 5.74) is 16.3. The molecule has 0 saturated carbocycles. The third-order valence-corrected chi connectivity index (χ3v) is 32.1. The molecule has 0 saturated heterocycles. The van der Waals surface area contributed by atoms with Gasteiger partial charge in [0.05, 0.1) is 82.6 Å². The van der Waals surface area contributed by atoms with Crippen LogP contribution in [0.3, 0.4) is 0 Å². The molecule has 12 nitrogen and oxygen atoms in total. The zero-order valence-corrected chi connectivity index (χ0v) is 65.4. The van der Waals surface area contributed by atoms with Crippen molar-refractivity contribution in [1.29, 1.82) is 0 Å². The van der Waals surface area contributed by atoms with Crippen LogP contribution in [0.1, 0.15) is 0 Å². The van der Waals surface area contributed by atoms with Crippen LogP contribution in [0.25, 0.3) is 148 Å². The van der Waals surface area contributed by atoms with Gasteiger partial charge in [0.25, 0.3) is 0 Å². The molecule has 15 heteroatoms. The first-order valence-corrected chi connectivity index (χ1v) is 44.0.